The van der Waals surface area contributed by atoms with Gasteiger partial charge >= 0.3 is 0 Å². The Labute approximate surface area is 481 Å². The van der Waals surface area contributed by atoms with Crippen LogP contribution in [-0.4, -0.2) is 8.80 Å². The molecule has 0 spiro atoms. The minimum absolute atomic E-state index is 0.0187. The maximum Gasteiger partial charge on any atom is 0.0641 e. The Morgan fingerprint density at radius 3 is 0.976 bits per heavy atom. The van der Waals surface area contributed by atoms with Crippen LogP contribution in [0.4, 0.5) is 34.1 Å². The average molecular weight is 1060 g/mol. The first-order chi connectivity index (χ1) is 39.3. The molecule has 82 heavy (non-hydrogen) atoms. The molecule has 0 N–H and O–H groups in total. The summed E-state index contributed by atoms with van der Waals surface area (Å²) in [6.07, 6.45) is 0. The second kappa shape index (κ2) is 17.3. The van der Waals surface area contributed by atoms with Crippen molar-refractivity contribution in [1.29, 1.82) is 0 Å². The number of benzene rings is 11. The molecule has 15 aromatic rings. The Hall–Kier alpha value is -8.86. The number of para-hydroxylation sites is 2. The van der Waals surface area contributed by atoms with Crippen molar-refractivity contribution in [3.8, 4) is 0 Å². The number of nitrogens with zero attached hydrogens (tertiary/aromatic N) is 4. The van der Waals surface area contributed by atoms with Crippen LogP contribution in [0.15, 0.2) is 206 Å². The molecule has 0 fully saturated rings. The zero-order valence-corrected chi connectivity index (χ0v) is 49.4. The van der Waals surface area contributed by atoms with E-state index in [4.69, 9.17) is 0 Å². The first kappa shape index (κ1) is 50.1. The van der Waals surface area contributed by atoms with Crippen LogP contribution < -0.4 is 9.80 Å². The summed E-state index contributed by atoms with van der Waals surface area (Å²) in [4.78, 5) is 5.14. The van der Waals surface area contributed by atoms with Crippen LogP contribution in [0.2, 0.25) is 0 Å². The average Bonchev–Trinajstić information content (AvgIpc) is 1.66. The quantitative estimate of drug-likeness (QED) is 0.165. The summed E-state index contributed by atoms with van der Waals surface area (Å²) < 4.78 is 5.16. The lowest BCUT2D eigenvalue weighted by Gasteiger charge is -2.34. The molecule has 0 aliphatic carbocycles. The van der Waals surface area contributed by atoms with Gasteiger partial charge in [-0.15, -0.1) is 0 Å². The van der Waals surface area contributed by atoms with Crippen LogP contribution in [0.3, 0.4) is 0 Å². The molecule has 0 aliphatic rings. The van der Waals surface area contributed by atoms with Crippen LogP contribution in [0, 0.1) is 0 Å². The lowest BCUT2D eigenvalue weighted by Crippen LogP contribution is -2.20. The molecule has 4 nitrogen and oxygen atoms in total. The Kier molecular flexibility index (Phi) is 10.6. The fourth-order valence-corrected chi connectivity index (χ4v) is 14.3. The fraction of sp³-hybridized carbons (Fsp3) is 0.205. The van der Waals surface area contributed by atoms with Crippen molar-refractivity contribution >= 4 is 132 Å². The normalized spacial score (nSPS) is 13.1. The van der Waals surface area contributed by atoms with Gasteiger partial charge in [-0.3, -0.25) is 0 Å². The number of anilines is 6. The maximum atomic E-state index is 2.58. The lowest BCUT2D eigenvalue weighted by atomic mass is 9.81. The van der Waals surface area contributed by atoms with Crippen molar-refractivity contribution in [3.05, 3.63) is 229 Å². The standard InChI is InChI=1S/C78H70N4/c1-75(2,3)49-31-35-51(36-32-49)79(65-41-29-47-21-13-15-23-53(47)71(65)77(7,8)9)63-43-39-55-59-45-68-60(46-67(59)81-61-27-19-17-25-57(61)69(63)73(55)81)56-40-44-64(70-58-26-18-20-28-62(58)82(68)74(56)70)80(52-37-33-50(34-38-52)76(4,5)6)66-42-30-48-22-14-16-24-54(48)72(66)78(10,11)12/h13-46H,1-12H3. The first-order valence-electron chi connectivity index (χ1n) is 29.4. The molecule has 0 amide bonds. The summed E-state index contributed by atoms with van der Waals surface area (Å²) in [6.45, 7) is 28.0. The van der Waals surface area contributed by atoms with Gasteiger partial charge < -0.3 is 18.6 Å². The summed E-state index contributed by atoms with van der Waals surface area (Å²) in [5.41, 5.74) is 19.4. The minimum Gasteiger partial charge on any atom is -0.309 e. The van der Waals surface area contributed by atoms with Crippen LogP contribution in [0.1, 0.15) is 105 Å². The predicted octanol–water partition coefficient (Wildman–Crippen LogP) is 22.4. The van der Waals surface area contributed by atoms with Gasteiger partial charge in [-0.2, -0.15) is 0 Å². The van der Waals surface area contributed by atoms with Gasteiger partial charge in [-0.25, -0.2) is 0 Å². The van der Waals surface area contributed by atoms with Gasteiger partial charge in [0.25, 0.3) is 0 Å². The van der Waals surface area contributed by atoms with Crippen molar-refractivity contribution in [2.24, 2.45) is 0 Å². The third kappa shape index (κ3) is 7.29. The molecule has 4 heteroatoms. The second-order valence-corrected chi connectivity index (χ2v) is 27.4. The number of fused-ring (bicyclic) bond motifs is 14. The van der Waals surface area contributed by atoms with Crippen molar-refractivity contribution in [2.75, 3.05) is 9.80 Å². The van der Waals surface area contributed by atoms with Crippen molar-refractivity contribution in [3.63, 3.8) is 0 Å². The highest BCUT2D eigenvalue weighted by Gasteiger charge is 2.33. The minimum atomic E-state index is -0.162. The molecular weight excluding hydrogens is 993 g/mol. The molecule has 4 heterocycles. The molecule has 0 saturated carbocycles. The van der Waals surface area contributed by atoms with Gasteiger partial charge in [0.2, 0.25) is 0 Å². The van der Waals surface area contributed by atoms with E-state index < -0.39 is 0 Å². The predicted molar refractivity (Wildman–Crippen MR) is 355 cm³/mol. The van der Waals surface area contributed by atoms with E-state index in [0.717, 1.165) is 11.4 Å². The Morgan fingerprint density at radius 1 is 0.268 bits per heavy atom. The second-order valence-electron chi connectivity index (χ2n) is 27.4. The Balaban J connectivity index is 1.02. The summed E-state index contributed by atoms with van der Waals surface area (Å²) in [6, 6.07) is 78.8. The molecule has 0 saturated heterocycles. The van der Waals surface area contributed by atoms with E-state index in [1.807, 2.05) is 0 Å². The van der Waals surface area contributed by atoms with Crippen molar-refractivity contribution < 1.29 is 0 Å². The number of hydrogen-bond donors (Lipinski definition) is 0. The monoisotopic (exact) mass is 1060 g/mol. The van der Waals surface area contributed by atoms with Crippen LogP contribution in [0.5, 0.6) is 0 Å². The Bertz CT molecular complexity index is 4740. The number of aromatic nitrogens is 2. The van der Waals surface area contributed by atoms with Gasteiger partial charge in [0, 0.05) is 54.5 Å². The van der Waals surface area contributed by atoms with Gasteiger partial charge in [0.05, 0.1) is 55.8 Å². The highest BCUT2D eigenvalue weighted by molar-refractivity contribution is 6.32. The molecule has 11 aromatic carbocycles. The molecule has 402 valence electrons. The van der Waals surface area contributed by atoms with Gasteiger partial charge in [-0.1, -0.05) is 217 Å². The highest BCUT2D eigenvalue weighted by atomic mass is 15.2. The van der Waals surface area contributed by atoms with E-state index in [2.05, 4.69) is 308 Å². The van der Waals surface area contributed by atoms with Crippen molar-refractivity contribution in [1.82, 2.24) is 8.80 Å². The van der Waals surface area contributed by atoms with Crippen LogP contribution in [-0.2, 0) is 21.7 Å². The van der Waals surface area contributed by atoms with E-state index in [0.29, 0.717) is 0 Å². The molecule has 0 unspecified atom stereocenters. The van der Waals surface area contributed by atoms with E-state index in [9.17, 15) is 0 Å². The van der Waals surface area contributed by atoms with Gasteiger partial charge in [0.1, 0.15) is 0 Å². The zero-order chi connectivity index (χ0) is 56.5. The molecule has 0 aliphatic heterocycles. The van der Waals surface area contributed by atoms with E-state index >= 15 is 0 Å². The zero-order valence-electron chi connectivity index (χ0n) is 49.4. The smallest absolute Gasteiger partial charge is 0.0641 e. The third-order valence-corrected chi connectivity index (χ3v) is 18.0. The third-order valence-electron chi connectivity index (χ3n) is 18.0. The van der Waals surface area contributed by atoms with Crippen molar-refractivity contribution in [2.45, 2.75) is 105 Å². The maximum absolute atomic E-state index is 2.58. The van der Waals surface area contributed by atoms with Gasteiger partial charge in [0.15, 0.2) is 0 Å². The summed E-state index contributed by atoms with van der Waals surface area (Å²) in [7, 11) is 0. The number of rotatable bonds is 6. The summed E-state index contributed by atoms with van der Waals surface area (Å²) >= 11 is 0. The van der Waals surface area contributed by atoms with E-state index in [1.54, 1.807) is 0 Å². The summed E-state index contributed by atoms with van der Waals surface area (Å²) in [5.74, 6) is 0. The highest BCUT2D eigenvalue weighted by Crippen LogP contribution is 2.54. The molecular formula is C78H70N4. The topological polar surface area (TPSA) is 15.3 Å². The first-order valence-corrected chi connectivity index (χ1v) is 29.4. The lowest BCUT2D eigenvalue weighted by molar-refractivity contribution is 0.590. The number of hydrogen-bond acceptors (Lipinski definition) is 2. The SMILES string of the molecule is CC(C)(C)c1ccc(N(c2ccc3ccccc3c2C(C)(C)C)c2ccc3c4cc5c(cc4n4c6ccccc6c2c34)c2ccc(N(c3ccc(C(C)(C)C)cc3)c3ccc4ccccc4c3C(C)(C)C)c3c4ccccc4n5c23)cc1. The van der Waals surface area contributed by atoms with Crippen LogP contribution >= 0.6 is 0 Å². The fourth-order valence-electron chi connectivity index (χ4n) is 14.3. The molecule has 15 rings (SSSR count). The molecule has 4 aromatic heterocycles. The summed E-state index contributed by atoms with van der Waals surface area (Å²) in [5, 5.41) is 15.1. The van der Waals surface area contributed by atoms with E-state index in [1.165, 1.54) is 143 Å². The molecule has 0 radical (unpaired) electrons. The largest absolute Gasteiger partial charge is 0.309 e. The molecule has 0 bridgehead atoms. The van der Waals surface area contributed by atoms with Crippen LogP contribution in [0.25, 0.3) is 97.7 Å². The Morgan fingerprint density at radius 2 is 0.610 bits per heavy atom. The molecule has 0 atom stereocenters. The van der Waals surface area contributed by atoms with E-state index in [-0.39, 0.29) is 21.7 Å². The van der Waals surface area contributed by atoms with Gasteiger partial charge in [-0.05, 0) is 138 Å².